The van der Waals surface area contributed by atoms with Gasteiger partial charge in [0.05, 0.1) is 13.7 Å². The van der Waals surface area contributed by atoms with Crippen LogP contribution >= 0.6 is 0 Å². The molecule has 0 bridgehead atoms. The average molecular weight is 249 g/mol. The van der Waals surface area contributed by atoms with Gasteiger partial charge in [-0.05, 0) is 38.4 Å². The molecule has 0 radical (unpaired) electrons. The van der Waals surface area contributed by atoms with E-state index in [1.54, 1.807) is 7.11 Å². The van der Waals surface area contributed by atoms with Crippen molar-refractivity contribution in [2.75, 3.05) is 20.4 Å². The molecule has 0 aromatic heterocycles. The van der Waals surface area contributed by atoms with Crippen LogP contribution in [0.2, 0.25) is 0 Å². The second kappa shape index (κ2) is 4.44. The number of benzene rings is 1. The van der Waals surface area contributed by atoms with Gasteiger partial charge in [0.25, 0.3) is 0 Å². The fourth-order valence-electron chi connectivity index (χ4n) is 3.02. The first-order chi connectivity index (χ1) is 8.74. The molecule has 1 fully saturated rings. The highest BCUT2D eigenvalue weighted by Crippen LogP contribution is 2.43. The molecule has 1 aromatic carbocycles. The van der Waals surface area contributed by atoms with E-state index in [0.29, 0.717) is 13.4 Å². The molecule has 1 N–H and O–H groups in total. The molecule has 0 spiro atoms. The highest BCUT2D eigenvalue weighted by atomic mass is 16.7. The molecule has 3 rings (SSSR count). The molecule has 2 aliphatic heterocycles. The fraction of sp³-hybridized carbons (Fsp3) is 0.571. The minimum Gasteiger partial charge on any atom is -0.496 e. The Morgan fingerprint density at radius 3 is 3.00 bits per heavy atom. The van der Waals surface area contributed by atoms with Crippen molar-refractivity contribution >= 4 is 0 Å². The van der Waals surface area contributed by atoms with E-state index < -0.39 is 0 Å². The van der Waals surface area contributed by atoms with Gasteiger partial charge in [-0.25, -0.2) is 0 Å². The van der Waals surface area contributed by atoms with E-state index in [0.717, 1.165) is 30.0 Å². The molecule has 0 aliphatic carbocycles. The van der Waals surface area contributed by atoms with Crippen molar-refractivity contribution < 1.29 is 14.2 Å². The molecule has 98 valence electrons. The lowest BCUT2D eigenvalue weighted by molar-refractivity contribution is -0.0176. The second-order valence-electron chi connectivity index (χ2n) is 5.09. The average Bonchev–Trinajstić information content (AvgIpc) is 2.85. The van der Waals surface area contributed by atoms with E-state index >= 15 is 0 Å². The summed E-state index contributed by atoms with van der Waals surface area (Å²) in [5.74, 6) is 1.84. The zero-order chi connectivity index (χ0) is 12.6. The molecular weight excluding hydrogens is 230 g/mol. The third-order valence-electron chi connectivity index (χ3n) is 3.92. The van der Waals surface area contributed by atoms with Crippen LogP contribution in [-0.2, 0) is 16.9 Å². The van der Waals surface area contributed by atoms with Gasteiger partial charge >= 0.3 is 0 Å². The Balaban J connectivity index is 2.15. The van der Waals surface area contributed by atoms with Gasteiger partial charge in [0.2, 0.25) is 0 Å². The van der Waals surface area contributed by atoms with Gasteiger partial charge in [-0.3, -0.25) is 0 Å². The summed E-state index contributed by atoms with van der Waals surface area (Å²) in [6.07, 6.45) is 2.30. The first-order valence-corrected chi connectivity index (χ1v) is 6.40. The number of nitrogens with one attached hydrogen (secondary N) is 1. The summed E-state index contributed by atoms with van der Waals surface area (Å²) >= 11 is 0. The van der Waals surface area contributed by atoms with E-state index in [-0.39, 0.29) is 5.54 Å². The van der Waals surface area contributed by atoms with E-state index in [4.69, 9.17) is 14.2 Å². The van der Waals surface area contributed by atoms with Gasteiger partial charge < -0.3 is 19.5 Å². The topological polar surface area (TPSA) is 39.7 Å². The normalized spacial score (nSPS) is 26.6. The number of ether oxygens (including phenoxy) is 3. The van der Waals surface area contributed by atoms with Gasteiger partial charge in [-0.1, -0.05) is 0 Å². The van der Waals surface area contributed by atoms with Crippen LogP contribution in [0.15, 0.2) is 12.1 Å². The highest BCUT2D eigenvalue weighted by Gasteiger charge is 2.36. The maximum Gasteiger partial charge on any atom is 0.189 e. The van der Waals surface area contributed by atoms with Crippen molar-refractivity contribution in [1.29, 1.82) is 0 Å². The first-order valence-electron chi connectivity index (χ1n) is 6.40. The lowest BCUT2D eigenvalue weighted by Crippen LogP contribution is -2.35. The third-order valence-corrected chi connectivity index (χ3v) is 3.92. The number of rotatable bonds is 2. The van der Waals surface area contributed by atoms with Crippen molar-refractivity contribution in [2.45, 2.75) is 31.9 Å². The maximum atomic E-state index is 5.56. The van der Waals surface area contributed by atoms with Crippen molar-refractivity contribution in [3.8, 4) is 11.5 Å². The van der Waals surface area contributed by atoms with Gasteiger partial charge in [-0.15, -0.1) is 0 Å². The molecule has 1 atom stereocenters. The molecule has 2 heterocycles. The zero-order valence-electron chi connectivity index (χ0n) is 10.9. The predicted molar refractivity (Wildman–Crippen MR) is 67.9 cm³/mol. The lowest BCUT2D eigenvalue weighted by Gasteiger charge is -2.32. The summed E-state index contributed by atoms with van der Waals surface area (Å²) < 4.78 is 16.5. The van der Waals surface area contributed by atoms with E-state index in [2.05, 4.69) is 12.2 Å². The second-order valence-corrected chi connectivity index (χ2v) is 5.09. The Labute approximate surface area is 107 Å². The molecule has 1 unspecified atom stereocenters. The smallest absolute Gasteiger partial charge is 0.189 e. The third kappa shape index (κ3) is 1.76. The lowest BCUT2D eigenvalue weighted by atomic mass is 9.85. The minimum atomic E-state index is -0.0409. The Kier molecular flexibility index (Phi) is 2.92. The molecule has 4 heteroatoms. The van der Waals surface area contributed by atoms with Gasteiger partial charge in [0.1, 0.15) is 11.5 Å². The van der Waals surface area contributed by atoms with Gasteiger partial charge in [0, 0.05) is 16.7 Å². The SMILES string of the molecule is COc1ccc2c(c1C1(C)CCCN1)COCO2. The van der Waals surface area contributed by atoms with Crippen molar-refractivity contribution in [3.63, 3.8) is 0 Å². The van der Waals surface area contributed by atoms with Crippen molar-refractivity contribution in [3.05, 3.63) is 23.3 Å². The maximum absolute atomic E-state index is 5.56. The number of fused-ring (bicyclic) bond motifs is 1. The largest absolute Gasteiger partial charge is 0.496 e. The summed E-state index contributed by atoms with van der Waals surface area (Å²) in [5.41, 5.74) is 2.28. The van der Waals surface area contributed by atoms with E-state index in [1.807, 2.05) is 12.1 Å². The molecule has 2 aliphatic rings. The van der Waals surface area contributed by atoms with Crippen LogP contribution in [0.5, 0.6) is 11.5 Å². The van der Waals surface area contributed by atoms with Crippen molar-refractivity contribution in [1.82, 2.24) is 5.32 Å². The van der Waals surface area contributed by atoms with Gasteiger partial charge in [0.15, 0.2) is 6.79 Å². The van der Waals surface area contributed by atoms with Crippen LogP contribution in [-0.4, -0.2) is 20.4 Å². The quantitative estimate of drug-likeness (QED) is 0.872. The molecule has 1 saturated heterocycles. The predicted octanol–water partition coefficient (Wildman–Crippen LogP) is 2.16. The first kappa shape index (κ1) is 11.8. The Morgan fingerprint density at radius 2 is 2.28 bits per heavy atom. The number of hydrogen-bond donors (Lipinski definition) is 1. The van der Waals surface area contributed by atoms with Crippen LogP contribution in [0.25, 0.3) is 0 Å². The van der Waals surface area contributed by atoms with E-state index in [1.165, 1.54) is 12.0 Å². The Morgan fingerprint density at radius 1 is 1.39 bits per heavy atom. The van der Waals surface area contributed by atoms with Crippen LogP contribution in [0.4, 0.5) is 0 Å². The molecular formula is C14H19NO3. The Hall–Kier alpha value is -1.26. The summed E-state index contributed by atoms with van der Waals surface area (Å²) in [6.45, 7) is 4.21. The molecule has 0 amide bonds. The van der Waals surface area contributed by atoms with Crippen LogP contribution in [0, 0.1) is 0 Å². The summed E-state index contributed by atoms with van der Waals surface area (Å²) in [7, 11) is 1.72. The summed E-state index contributed by atoms with van der Waals surface area (Å²) in [4.78, 5) is 0. The van der Waals surface area contributed by atoms with Crippen LogP contribution < -0.4 is 14.8 Å². The monoisotopic (exact) mass is 249 g/mol. The van der Waals surface area contributed by atoms with Crippen LogP contribution in [0.3, 0.4) is 0 Å². The Bertz CT molecular complexity index is 453. The zero-order valence-corrected chi connectivity index (χ0v) is 10.9. The standard InChI is InChI=1S/C14H19NO3/c1-14(6-3-7-15-14)13-10-8-17-9-18-11(10)4-5-12(13)16-2/h4-5,15H,3,6-9H2,1-2H3. The van der Waals surface area contributed by atoms with Crippen LogP contribution in [0.1, 0.15) is 30.9 Å². The van der Waals surface area contributed by atoms with Crippen molar-refractivity contribution in [2.24, 2.45) is 0 Å². The van der Waals surface area contributed by atoms with E-state index in [9.17, 15) is 0 Å². The summed E-state index contributed by atoms with van der Waals surface area (Å²) in [6, 6.07) is 3.96. The molecule has 18 heavy (non-hydrogen) atoms. The molecule has 4 nitrogen and oxygen atoms in total. The highest BCUT2D eigenvalue weighted by molar-refractivity contribution is 5.52. The number of methoxy groups -OCH3 is 1. The summed E-state index contributed by atoms with van der Waals surface area (Å²) in [5, 5.41) is 3.58. The molecule has 1 aromatic rings. The fourth-order valence-corrected chi connectivity index (χ4v) is 3.02. The van der Waals surface area contributed by atoms with Gasteiger partial charge in [-0.2, -0.15) is 0 Å². The number of hydrogen-bond acceptors (Lipinski definition) is 4. The minimum absolute atomic E-state index is 0.0409. The molecule has 0 saturated carbocycles.